The van der Waals surface area contributed by atoms with Crippen LogP contribution < -0.4 is 5.32 Å². The molecule has 0 bridgehead atoms. The maximum atomic E-state index is 11.5. The smallest absolute Gasteiger partial charge is 0.323 e. The molecule has 2 N–H and O–H groups in total. The van der Waals surface area contributed by atoms with E-state index in [0.717, 1.165) is 32.7 Å². The van der Waals surface area contributed by atoms with Crippen molar-refractivity contribution in [3.63, 3.8) is 0 Å². The molecule has 1 aliphatic heterocycles. The number of carbonyl (C=O) groups is 1. The number of hydrogen-bond donors (Lipinski definition) is 2. The lowest BCUT2D eigenvalue weighted by Crippen LogP contribution is -2.54. The maximum Gasteiger partial charge on any atom is 0.323 e. The van der Waals surface area contributed by atoms with Gasteiger partial charge in [-0.25, -0.2) is 0 Å². The predicted octanol–water partition coefficient (Wildman–Crippen LogP) is 2.05. The van der Waals surface area contributed by atoms with Gasteiger partial charge in [-0.2, -0.15) is 0 Å². The van der Waals surface area contributed by atoms with Crippen molar-refractivity contribution in [2.45, 2.75) is 58.0 Å². The van der Waals surface area contributed by atoms with Gasteiger partial charge in [0.25, 0.3) is 0 Å². The molecule has 1 heterocycles. The van der Waals surface area contributed by atoms with E-state index in [1.54, 1.807) is 0 Å². The van der Waals surface area contributed by atoms with Gasteiger partial charge in [0.2, 0.25) is 0 Å². The molecule has 1 saturated heterocycles. The normalized spacial score (nSPS) is 22.1. The minimum Gasteiger partial charge on any atom is -0.480 e. The zero-order valence-corrected chi connectivity index (χ0v) is 13.0. The summed E-state index contributed by atoms with van der Waals surface area (Å²) in [7, 11) is 0. The van der Waals surface area contributed by atoms with Gasteiger partial charge in [0.15, 0.2) is 0 Å². The van der Waals surface area contributed by atoms with Crippen LogP contribution in [0.1, 0.15) is 46.5 Å². The van der Waals surface area contributed by atoms with Crippen LogP contribution in [-0.4, -0.2) is 49.1 Å². The molecule has 20 heavy (non-hydrogen) atoms. The van der Waals surface area contributed by atoms with Crippen LogP contribution in [0.25, 0.3) is 0 Å². The third-order valence-electron chi connectivity index (χ3n) is 3.85. The first kappa shape index (κ1) is 17.4. The molecule has 5 nitrogen and oxygen atoms in total. The van der Waals surface area contributed by atoms with Crippen molar-refractivity contribution in [1.29, 1.82) is 0 Å². The molecule has 0 spiro atoms. The Morgan fingerprint density at radius 2 is 2.30 bits per heavy atom. The highest BCUT2D eigenvalue weighted by Crippen LogP contribution is 2.20. The van der Waals surface area contributed by atoms with Gasteiger partial charge in [0.05, 0.1) is 13.2 Å². The molecule has 1 aliphatic rings. The third kappa shape index (κ3) is 5.38. The van der Waals surface area contributed by atoms with Gasteiger partial charge in [-0.3, -0.25) is 10.1 Å². The van der Waals surface area contributed by atoms with Crippen LogP contribution in [0, 0.1) is 5.92 Å². The Labute approximate surface area is 122 Å². The average Bonchev–Trinajstić information content (AvgIpc) is 2.89. The predicted molar refractivity (Wildman–Crippen MR) is 77.9 cm³/mol. The van der Waals surface area contributed by atoms with E-state index in [2.05, 4.69) is 5.32 Å². The van der Waals surface area contributed by atoms with Gasteiger partial charge in [0.1, 0.15) is 5.54 Å². The van der Waals surface area contributed by atoms with E-state index >= 15 is 0 Å². The molecule has 0 amide bonds. The SMILES string of the molecule is CCC(CCCOCC1CCOC1)(NC(C)C)C(=O)O. The van der Waals surface area contributed by atoms with Crippen LogP contribution in [0.2, 0.25) is 0 Å². The monoisotopic (exact) mass is 287 g/mol. The fourth-order valence-corrected chi connectivity index (χ4v) is 2.66. The van der Waals surface area contributed by atoms with Crippen LogP contribution in [-0.2, 0) is 14.3 Å². The third-order valence-corrected chi connectivity index (χ3v) is 3.85. The highest BCUT2D eigenvalue weighted by molar-refractivity contribution is 5.78. The summed E-state index contributed by atoms with van der Waals surface area (Å²) in [5.74, 6) is -0.253. The molecule has 0 radical (unpaired) electrons. The lowest BCUT2D eigenvalue weighted by Gasteiger charge is -2.31. The molecule has 1 fully saturated rings. The Balaban J connectivity index is 2.28. The number of carboxylic acids is 1. The highest BCUT2D eigenvalue weighted by atomic mass is 16.5. The van der Waals surface area contributed by atoms with Crippen molar-refractivity contribution in [3.8, 4) is 0 Å². The van der Waals surface area contributed by atoms with Crippen LogP contribution >= 0.6 is 0 Å². The summed E-state index contributed by atoms with van der Waals surface area (Å²) in [6.45, 7) is 8.84. The Bertz CT molecular complexity index is 290. The second kappa shape index (κ2) is 8.60. The summed E-state index contributed by atoms with van der Waals surface area (Å²) in [5, 5.41) is 12.7. The van der Waals surface area contributed by atoms with Crippen molar-refractivity contribution in [3.05, 3.63) is 0 Å². The largest absolute Gasteiger partial charge is 0.480 e. The first-order valence-corrected chi connectivity index (χ1v) is 7.66. The van der Waals surface area contributed by atoms with Gasteiger partial charge in [-0.05, 0) is 39.5 Å². The minimum atomic E-state index is -0.825. The fraction of sp³-hybridized carbons (Fsp3) is 0.933. The molecule has 0 aromatic rings. The first-order valence-electron chi connectivity index (χ1n) is 7.66. The lowest BCUT2D eigenvalue weighted by molar-refractivity contribution is -0.146. The van der Waals surface area contributed by atoms with Gasteiger partial charge < -0.3 is 14.6 Å². The number of hydrogen-bond acceptors (Lipinski definition) is 4. The Hall–Kier alpha value is -0.650. The van der Waals surface area contributed by atoms with E-state index in [1.165, 1.54) is 0 Å². The summed E-state index contributed by atoms with van der Waals surface area (Å²) in [6.07, 6.45) is 3.01. The standard InChI is InChI=1S/C15H29NO4/c1-4-15(14(17)18,16-12(2)3)7-5-8-19-10-13-6-9-20-11-13/h12-13,16H,4-11H2,1-3H3,(H,17,18). The molecule has 0 aliphatic carbocycles. The molecular weight excluding hydrogens is 258 g/mol. The lowest BCUT2D eigenvalue weighted by atomic mass is 9.89. The molecule has 2 atom stereocenters. The second-order valence-corrected chi connectivity index (χ2v) is 5.95. The van der Waals surface area contributed by atoms with E-state index in [9.17, 15) is 9.90 Å². The van der Waals surface area contributed by atoms with Gasteiger partial charge in [0, 0.05) is 25.2 Å². The molecule has 0 saturated carbocycles. The van der Waals surface area contributed by atoms with Gasteiger partial charge in [-0.1, -0.05) is 6.92 Å². The zero-order valence-electron chi connectivity index (χ0n) is 13.0. The van der Waals surface area contributed by atoms with Gasteiger partial charge >= 0.3 is 5.97 Å². The number of aliphatic carboxylic acids is 1. The minimum absolute atomic E-state index is 0.155. The van der Waals surface area contributed by atoms with Crippen molar-refractivity contribution in [2.24, 2.45) is 5.92 Å². The summed E-state index contributed by atoms with van der Waals surface area (Å²) in [5.41, 5.74) is -0.825. The van der Waals surface area contributed by atoms with Crippen LogP contribution in [0.5, 0.6) is 0 Å². The number of rotatable bonds is 10. The van der Waals surface area contributed by atoms with Gasteiger partial charge in [-0.15, -0.1) is 0 Å². The van der Waals surface area contributed by atoms with Crippen LogP contribution in [0.4, 0.5) is 0 Å². The van der Waals surface area contributed by atoms with Crippen molar-refractivity contribution in [1.82, 2.24) is 5.32 Å². The Morgan fingerprint density at radius 1 is 1.55 bits per heavy atom. The summed E-state index contributed by atoms with van der Waals surface area (Å²) in [4.78, 5) is 11.5. The molecule has 2 unspecified atom stereocenters. The summed E-state index contributed by atoms with van der Waals surface area (Å²) in [6, 6.07) is 0.155. The van der Waals surface area contributed by atoms with E-state index in [1.807, 2.05) is 20.8 Å². The second-order valence-electron chi connectivity index (χ2n) is 5.95. The summed E-state index contributed by atoms with van der Waals surface area (Å²) < 4.78 is 10.9. The van der Waals surface area contributed by atoms with Crippen molar-refractivity contribution >= 4 is 5.97 Å². The van der Waals surface area contributed by atoms with E-state index < -0.39 is 11.5 Å². The van der Waals surface area contributed by atoms with Crippen molar-refractivity contribution < 1.29 is 19.4 Å². The topological polar surface area (TPSA) is 67.8 Å². The molecule has 0 aromatic carbocycles. The summed E-state index contributed by atoms with van der Waals surface area (Å²) >= 11 is 0. The van der Waals surface area contributed by atoms with E-state index in [-0.39, 0.29) is 6.04 Å². The fourth-order valence-electron chi connectivity index (χ4n) is 2.66. The highest BCUT2D eigenvalue weighted by Gasteiger charge is 2.36. The maximum absolute atomic E-state index is 11.5. The van der Waals surface area contributed by atoms with E-state index in [0.29, 0.717) is 25.4 Å². The van der Waals surface area contributed by atoms with E-state index in [4.69, 9.17) is 9.47 Å². The molecule has 1 rings (SSSR count). The Kier molecular flexibility index (Phi) is 7.48. The van der Waals surface area contributed by atoms with Crippen molar-refractivity contribution in [2.75, 3.05) is 26.4 Å². The molecule has 5 heteroatoms. The number of nitrogens with one attached hydrogen (secondary N) is 1. The zero-order chi connectivity index (χ0) is 15.0. The van der Waals surface area contributed by atoms with Crippen LogP contribution in [0.15, 0.2) is 0 Å². The number of ether oxygens (including phenoxy) is 2. The average molecular weight is 287 g/mol. The molecule has 118 valence electrons. The Morgan fingerprint density at radius 3 is 2.80 bits per heavy atom. The first-order chi connectivity index (χ1) is 9.50. The number of carboxylic acid groups (broad SMARTS) is 1. The quantitative estimate of drug-likeness (QED) is 0.602. The molecular formula is C15H29NO4. The molecule has 0 aromatic heterocycles. The van der Waals surface area contributed by atoms with Crippen LogP contribution in [0.3, 0.4) is 0 Å².